The van der Waals surface area contributed by atoms with Gasteiger partial charge in [-0.05, 0) is 75.0 Å². The molecule has 1 unspecified atom stereocenters. The number of furan rings is 1. The molecule has 4 aliphatic rings. The van der Waals surface area contributed by atoms with Gasteiger partial charge in [-0.25, -0.2) is 0 Å². The largest absolute Gasteiger partial charge is 0.508 e. The number of aliphatic hydroxyl groups excluding tert-OH is 2. The van der Waals surface area contributed by atoms with Crippen LogP contribution in [0.2, 0.25) is 0 Å². The van der Waals surface area contributed by atoms with Gasteiger partial charge in [0.2, 0.25) is 5.78 Å². The van der Waals surface area contributed by atoms with Crippen molar-refractivity contribution >= 4 is 23.2 Å². The second-order valence-electron chi connectivity index (χ2n) is 12.8. The average Bonchev–Trinajstić information content (AvgIpc) is 3.43. The Morgan fingerprint density at radius 2 is 1.79 bits per heavy atom. The highest BCUT2D eigenvalue weighted by Gasteiger charge is 2.64. The van der Waals surface area contributed by atoms with Gasteiger partial charge in [-0.15, -0.1) is 0 Å². The zero-order chi connectivity index (χ0) is 30.8. The van der Waals surface area contributed by atoms with Crippen LogP contribution in [0.5, 0.6) is 5.75 Å². The molecule has 2 fully saturated rings. The molecule has 1 heterocycles. The van der Waals surface area contributed by atoms with Crippen LogP contribution in [0.25, 0.3) is 17.1 Å². The maximum Gasteiger partial charge on any atom is 0.255 e. The smallest absolute Gasteiger partial charge is 0.255 e. The number of Topliss-reactive ketones (excluding diaryl/α,β-unsaturated/α-hetero) is 2. The minimum atomic E-state index is -2.66. The molecule has 10 nitrogen and oxygen atoms in total. The van der Waals surface area contributed by atoms with Crippen molar-refractivity contribution in [2.24, 2.45) is 23.5 Å². The van der Waals surface area contributed by atoms with E-state index in [0.717, 1.165) is 18.6 Å². The summed E-state index contributed by atoms with van der Waals surface area (Å²) in [4.78, 5) is 41.0. The zero-order valence-electron chi connectivity index (χ0n) is 24.4. The van der Waals surface area contributed by atoms with Crippen LogP contribution in [0.4, 0.5) is 0 Å². The Balaban J connectivity index is 1.40. The molecule has 1 aromatic carbocycles. The van der Waals surface area contributed by atoms with Crippen LogP contribution >= 0.6 is 0 Å². The van der Waals surface area contributed by atoms with Crippen molar-refractivity contribution in [3.8, 4) is 17.1 Å². The maximum absolute atomic E-state index is 14.0. The van der Waals surface area contributed by atoms with Crippen LogP contribution in [0, 0.1) is 17.8 Å². The summed E-state index contributed by atoms with van der Waals surface area (Å²) in [6.45, 7) is 0. The third-order valence-electron chi connectivity index (χ3n) is 10.1. The number of amides is 1. The number of fused-ring (bicyclic) bond motifs is 3. The van der Waals surface area contributed by atoms with E-state index in [9.17, 15) is 34.8 Å². The van der Waals surface area contributed by atoms with Gasteiger partial charge < -0.3 is 30.6 Å². The Morgan fingerprint density at radius 3 is 2.47 bits per heavy atom. The number of carbonyl (C=O) groups excluding carboxylic acids is 3. The maximum atomic E-state index is 14.0. The topological polar surface area (TPSA) is 175 Å². The number of nitrogens with two attached hydrogens (primary N) is 1. The summed E-state index contributed by atoms with van der Waals surface area (Å²) in [5, 5.41) is 45.1. The number of aryl methyl sites for hydroxylation is 1. The van der Waals surface area contributed by atoms with Crippen LogP contribution < -0.4 is 5.73 Å². The predicted molar refractivity (Wildman–Crippen MR) is 157 cm³/mol. The number of ketones is 2. The molecule has 1 amide bonds. The van der Waals surface area contributed by atoms with Crippen molar-refractivity contribution in [3.63, 3.8) is 0 Å². The molecule has 0 radical (unpaired) electrons. The highest BCUT2D eigenvalue weighted by Crippen LogP contribution is 2.53. The molecule has 6 rings (SSSR count). The summed E-state index contributed by atoms with van der Waals surface area (Å²) in [5.74, 6) is -4.56. The molecule has 43 heavy (non-hydrogen) atoms. The standard InChI is InChI=1S/C33H38N2O8/c1-35(2)27-21-15-17-14-20-19(23-13-10-18(43-23)9-8-16-6-4-3-5-7-16)11-12-22(36)25(20)28(37)24(17)30(39)33(21,42)31(40)26(29(27)38)32(34)41/h10-13,16-17,21,27,36-37,40,42H,3-9,14-15H2,1-2H3,(H2,34,41)/t17-,21-,27?,33-/m1/s1. The Hall–Kier alpha value is -3.89. The molecule has 10 heteroatoms. The molecule has 0 bridgehead atoms. The van der Waals surface area contributed by atoms with Crippen LogP contribution in [-0.4, -0.2) is 68.5 Å². The fourth-order valence-electron chi connectivity index (χ4n) is 7.95. The van der Waals surface area contributed by atoms with Gasteiger partial charge in [0.25, 0.3) is 5.91 Å². The van der Waals surface area contributed by atoms with E-state index < -0.39 is 58.0 Å². The van der Waals surface area contributed by atoms with Gasteiger partial charge in [-0.2, -0.15) is 0 Å². The van der Waals surface area contributed by atoms with E-state index in [1.165, 1.54) is 43.1 Å². The lowest BCUT2D eigenvalue weighted by molar-refractivity contribution is -0.153. The van der Waals surface area contributed by atoms with Gasteiger partial charge in [-0.1, -0.05) is 32.1 Å². The first kappa shape index (κ1) is 29.2. The number of rotatable bonds is 6. The fourth-order valence-corrected chi connectivity index (χ4v) is 7.95. The number of aliphatic hydroxyl groups is 3. The quantitative estimate of drug-likeness (QED) is 0.314. The molecule has 6 N–H and O–H groups in total. The third kappa shape index (κ3) is 4.50. The predicted octanol–water partition coefficient (Wildman–Crippen LogP) is 3.74. The molecule has 2 aromatic rings. The lowest BCUT2D eigenvalue weighted by Crippen LogP contribution is -2.65. The number of hydrogen-bond acceptors (Lipinski definition) is 9. The lowest BCUT2D eigenvalue weighted by atomic mass is 9.57. The summed E-state index contributed by atoms with van der Waals surface area (Å²) in [6, 6.07) is 5.84. The van der Waals surface area contributed by atoms with Crippen molar-refractivity contribution in [1.82, 2.24) is 4.90 Å². The summed E-state index contributed by atoms with van der Waals surface area (Å²) in [5.41, 5.74) is 3.02. The number of aromatic hydroxyl groups is 1. The number of phenolic OH excluding ortho intramolecular Hbond substituents is 1. The van der Waals surface area contributed by atoms with Gasteiger partial charge in [0.15, 0.2) is 11.4 Å². The van der Waals surface area contributed by atoms with Crippen LogP contribution in [-0.2, 0) is 27.2 Å². The average molecular weight is 591 g/mol. The minimum Gasteiger partial charge on any atom is -0.508 e. The first-order valence-corrected chi connectivity index (χ1v) is 15.0. The van der Waals surface area contributed by atoms with Gasteiger partial charge >= 0.3 is 0 Å². The lowest BCUT2D eigenvalue weighted by Gasteiger charge is -2.50. The number of nitrogens with zero attached hydrogens (tertiary/aromatic N) is 1. The Kier molecular flexibility index (Phi) is 7.25. The normalized spacial score (nSPS) is 27.8. The van der Waals surface area contributed by atoms with E-state index in [0.29, 0.717) is 22.8 Å². The Labute approximate surface area is 249 Å². The Bertz CT molecular complexity index is 1580. The molecular formula is C33H38N2O8. The third-order valence-corrected chi connectivity index (χ3v) is 10.1. The summed E-state index contributed by atoms with van der Waals surface area (Å²) >= 11 is 0. The number of phenols is 1. The number of benzene rings is 1. The number of primary amides is 1. The van der Waals surface area contributed by atoms with Crippen LogP contribution in [0.15, 0.2) is 45.6 Å². The number of carbonyl (C=O) groups is 3. The van der Waals surface area contributed by atoms with E-state index in [4.69, 9.17) is 10.2 Å². The van der Waals surface area contributed by atoms with Crippen molar-refractivity contribution in [2.45, 2.75) is 69.4 Å². The molecule has 1 aromatic heterocycles. The van der Waals surface area contributed by atoms with E-state index in [-0.39, 0.29) is 29.7 Å². The van der Waals surface area contributed by atoms with E-state index in [1.54, 1.807) is 20.2 Å². The van der Waals surface area contributed by atoms with E-state index >= 15 is 0 Å². The van der Waals surface area contributed by atoms with Gasteiger partial charge in [-0.3, -0.25) is 19.3 Å². The summed E-state index contributed by atoms with van der Waals surface area (Å²) in [7, 11) is 3.15. The second-order valence-corrected chi connectivity index (χ2v) is 12.8. The highest BCUT2D eigenvalue weighted by molar-refractivity contribution is 6.24. The van der Waals surface area contributed by atoms with Crippen molar-refractivity contribution < 1.29 is 39.2 Å². The van der Waals surface area contributed by atoms with E-state index in [2.05, 4.69) is 0 Å². The van der Waals surface area contributed by atoms with Crippen molar-refractivity contribution in [3.05, 3.63) is 58.1 Å². The molecule has 228 valence electrons. The Morgan fingerprint density at radius 1 is 1.07 bits per heavy atom. The first-order valence-electron chi connectivity index (χ1n) is 15.0. The van der Waals surface area contributed by atoms with Gasteiger partial charge in [0.05, 0.1) is 11.6 Å². The van der Waals surface area contributed by atoms with Crippen LogP contribution in [0.3, 0.4) is 0 Å². The molecule has 0 aliphatic heterocycles. The molecular weight excluding hydrogens is 552 g/mol. The summed E-state index contributed by atoms with van der Waals surface area (Å²) in [6.07, 6.45) is 8.49. The van der Waals surface area contributed by atoms with Crippen molar-refractivity contribution in [1.29, 1.82) is 0 Å². The SMILES string of the molecule is CN(C)C1C(=O)C(C(N)=O)=C(O)[C@]2(O)C(=O)C3=C(O)c4c(O)ccc(-c5ccc(CCC6CCCCC6)o5)c4C[C@@H]3C[C@H]12. The monoisotopic (exact) mass is 590 g/mol. The molecule has 0 spiro atoms. The van der Waals surface area contributed by atoms with Gasteiger partial charge in [0, 0.05) is 23.5 Å². The fraction of sp³-hybridized carbons (Fsp3) is 0.485. The highest BCUT2D eigenvalue weighted by atomic mass is 16.4. The van der Waals surface area contributed by atoms with Crippen molar-refractivity contribution in [2.75, 3.05) is 14.1 Å². The van der Waals surface area contributed by atoms with Crippen LogP contribution in [0.1, 0.15) is 61.8 Å². The minimum absolute atomic E-state index is 0.0334. The molecule has 4 atom stereocenters. The molecule has 0 saturated heterocycles. The second kappa shape index (κ2) is 10.7. The molecule has 2 saturated carbocycles. The molecule has 4 aliphatic carbocycles. The number of hydrogen-bond donors (Lipinski definition) is 5. The summed E-state index contributed by atoms with van der Waals surface area (Å²) < 4.78 is 6.25. The van der Waals surface area contributed by atoms with Gasteiger partial charge in [0.1, 0.15) is 34.4 Å². The first-order chi connectivity index (χ1) is 20.4. The number of likely N-dealkylation sites (N-methyl/N-ethyl adjacent to an activating group) is 1. The van der Waals surface area contributed by atoms with E-state index in [1.807, 2.05) is 12.1 Å². The zero-order valence-corrected chi connectivity index (χ0v) is 24.4.